The van der Waals surface area contributed by atoms with Gasteiger partial charge in [0.05, 0.1) is 4.92 Å². The fraction of sp³-hybridized carbons (Fsp3) is 0.333. The van der Waals surface area contributed by atoms with Gasteiger partial charge in [0.15, 0.2) is 0 Å². The van der Waals surface area contributed by atoms with Crippen LogP contribution in [-0.2, 0) is 17.9 Å². The van der Waals surface area contributed by atoms with Crippen molar-refractivity contribution in [3.8, 4) is 0 Å². The second-order valence-corrected chi connectivity index (χ2v) is 5.75. The summed E-state index contributed by atoms with van der Waals surface area (Å²) in [6.45, 7) is 3.50. The van der Waals surface area contributed by atoms with E-state index in [1.165, 1.54) is 9.58 Å². The van der Waals surface area contributed by atoms with Gasteiger partial charge in [0.2, 0.25) is 5.91 Å². The minimum absolute atomic E-state index is 0.0441. The van der Waals surface area contributed by atoms with Gasteiger partial charge in [-0.1, -0.05) is 23.7 Å². The number of likely N-dealkylation sites (N-methyl/N-ethyl adjacent to an activating group) is 1. The van der Waals surface area contributed by atoms with Gasteiger partial charge in [-0.15, -0.1) is 0 Å². The number of amides is 1. The van der Waals surface area contributed by atoms with Gasteiger partial charge in [0.25, 0.3) is 0 Å². The van der Waals surface area contributed by atoms with Gasteiger partial charge in [-0.05, 0) is 31.5 Å². The molecule has 0 fully saturated rings. The molecule has 7 nitrogen and oxygen atoms in total. The van der Waals surface area contributed by atoms with E-state index in [0.29, 0.717) is 23.0 Å². The van der Waals surface area contributed by atoms with Gasteiger partial charge < -0.3 is 4.90 Å². The first-order valence-electron chi connectivity index (χ1n) is 6.96. The van der Waals surface area contributed by atoms with Crippen molar-refractivity contribution in [1.29, 1.82) is 0 Å². The van der Waals surface area contributed by atoms with Crippen molar-refractivity contribution >= 4 is 23.2 Å². The van der Waals surface area contributed by atoms with Gasteiger partial charge in [0.1, 0.15) is 17.9 Å². The smallest absolute Gasteiger partial charge is 0.312 e. The lowest BCUT2D eigenvalue weighted by molar-refractivity contribution is -0.386. The predicted molar refractivity (Wildman–Crippen MR) is 86.3 cm³/mol. The van der Waals surface area contributed by atoms with E-state index in [1.54, 1.807) is 33.0 Å². The Bertz CT molecular complexity index is 757. The van der Waals surface area contributed by atoms with E-state index in [0.717, 1.165) is 5.56 Å². The monoisotopic (exact) mass is 336 g/mol. The first kappa shape index (κ1) is 17.0. The Kier molecular flexibility index (Phi) is 5.00. The fourth-order valence-corrected chi connectivity index (χ4v) is 2.56. The van der Waals surface area contributed by atoms with E-state index in [2.05, 4.69) is 5.10 Å². The van der Waals surface area contributed by atoms with Crippen LogP contribution in [0.3, 0.4) is 0 Å². The number of aromatic nitrogens is 2. The van der Waals surface area contributed by atoms with Crippen molar-refractivity contribution in [2.75, 3.05) is 7.05 Å². The zero-order chi connectivity index (χ0) is 17.1. The third-order valence-electron chi connectivity index (χ3n) is 3.55. The quantitative estimate of drug-likeness (QED) is 0.621. The van der Waals surface area contributed by atoms with E-state index < -0.39 is 4.92 Å². The number of hydrogen-bond donors (Lipinski definition) is 0. The molecule has 1 aromatic carbocycles. The molecule has 2 rings (SSSR count). The van der Waals surface area contributed by atoms with Crippen LogP contribution in [0.5, 0.6) is 0 Å². The highest BCUT2D eigenvalue weighted by molar-refractivity contribution is 6.30. The van der Waals surface area contributed by atoms with Gasteiger partial charge in [-0.25, -0.2) is 0 Å². The summed E-state index contributed by atoms with van der Waals surface area (Å²) in [6.07, 6.45) is 0. The highest BCUT2D eigenvalue weighted by Gasteiger charge is 2.23. The number of nitrogens with zero attached hydrogens (tertiary/aromatic N) is 4. The lowest BCUT2D eigenvalue weighted by Gasteiger charge is -2.17. The average molecular weight is 337 g/mol. The molecule has 0 saturated heterocycles. The van der Waals surface area contributed by atoms with Crippen LogP contribution in [0, 0.1) is 24.0 Å². The van der Waals surface area contributed by atoms with Crippen molar-refractivity contribution in [2.45, 2.75) is 26.9 Å². The molecule has 2 aromatic rings. The van der Waals surface area contributed by atoms with E-state index in [1.807, 2.05) is 12.1 Å². The SMILES string of the molecule is Cc1nn(CC(=O)N(C)Cc2cccc(Cl)c2)c(C)c1[N+](=O)[O-]. The molecule has 0 spiro atoms. The minimum atomic E-state index is -0.478. The summed E-state index contributed by atoms with van der Waals surface area (Å²) < 4.78 is 1.37. The van der Waals surface area contributed by atoms with Crippen LogP contribution >= 0.6 is 11.6 Å². The topological polar surface area (TPSA) is 81.3 Å². The second-order valence-electron chi connectivity index (χ2n) is 5.31. The third kappa shape index (κ3) is 3.87. The molecule has 0 unspecified atom stereocenters. The molecule has 0 radical (unpaired) electrons. The lowest BCUT2D eigenvalue weighted by Crippen LogP contribution is -2.30. The number of hydrogen-bond acceptors (Lipinski definition) is 4. The Hall–Kier alpha value is -2.41. The fourth-order valence-electron chi connectivity index (χ4n) is 2.35. The number of aryl methyl sites for hydroxylation is 1. The maximum Gasteiger partial charge on any atom is 0.312 e. The van der Waals surface area contributed by atoms with Crippen LogP contribution in [0.15, 0.2) is 24.3 Å². The van der Waals surface area contributed by atoms with Crippen LogP contribution in [0.25, 0.3) is 0 Å². The zero-order valence-electron chi connectivity index (χ0n) is 13.1. The number of carbonyl (C=O) groups excluding carboxylic acids is 1. The summed E-state index contributed by atoms with van der Waals surface area (Å²) >= 11 is 5.93. The molecule has 0 atom stereocenters. The van der Waals surface area contributed by atoms with E-state index >= 15 is 0 Å². The Morgan fingerprint density at radius 2 is 2.13 bits per heavy atom. The Labute approximate surface area is 138 Å². The summed E-state index contributed by atoms with van der Waals surface area (Å²) in [5.41, 5.74) is 1.54. The summed E-state index contributed by atoms with van der Waals surface area (Å²) in [5.74, 6) is -0.189. The number of carbonyl (C=O) groups is 1. The van der Waals surface area contributed by atoms with Crippen LogP contribution in [0.2, 0.25) is 5.02 Å². The average Bonchev–Trinajstić information content (AvgIpc) is 2.73. The number of halogens is 1. The van der Waals surface area contributed by atoms with Crippen LogP contribution < -0.4 is 0 Å². The first-order chi connectivity index (χ1) is 10.8. The molecular formula is C15H17ClN4O3. The van der Waals surface area contributed by atoms with Gasteiger partial charge in [-0.2, -0.15) is 5.10 Å². The molecular weight excluding hydrogens is 320 g/mol. The highest BCUT2D eigenvalue weighted by Crippen LogP contribution is 2.21. The molecule has 1 aromatic heterocycles. The maximum atomic E-state index is 12.3. The molecule has 1 heterocycles. The van der Waals surface area contributed by atoms with E-state index in [-0.39, 0.29) is 18.1 Å². The zero-order valence-corrected chi connectivity index (χ0v) is 13.9. The summed E-state index contributed by atoms with van der Waals surface area (Å²) in [7, 11) is 1.67. The molecule has 0 N–H and O–H groups in total. The minimum Gasteiger partial charge on any atom is -0.340 e. The predicted octanol–water partition coefficient (Wildman–Crippen LogP) is 2.72. The van der Waals surface area contributed by atoms with Crippen molar-refractivity contribution in [1.82, 2.24) is 14.7 Å². The van der Waals surface area contributed by atoms with Gasteiger partial charge in [0, 0.05) is 18.6 Å². The molecule has 0 aliphatic carbocycles. The van der Waals surface area contributed by atoms with Gasteiger partial charge >= 0.3 is 5.69 Å². The summed E-state index contributed by atoms with van der Waals surface area (Å²) in [4.78, 5) is 24.4. The van der Waals surface area contributed by atoms with Gasteiger partial charge in [-0.3, -0.25) is 19.6 Å². The number of rotatable bonds is 5. The summed E-state index contributed by atoms with van der Waals surface area (Å²) in [5, 5.41) is 15.7. The normalized spacial score (nSPS) is 10.6. The first-order valence-corrected chi connectivity index (χ1v) is 7.34. The van der Waals surface area contributed by atoms with E-state index in [4.69, 9.17) is 11.6 Å². The van der Waals surface area contributed by atoms with Crippen molar-refractivity contribution < 1.29 is 9.72 Å². The second kappa shape index (κ2) is 6.78. The molecule has 1 amide bonds. The largest absolute Gasteiger partial charge is 0.340 e. The molecule has 0 bridgehead atoms. The molecule has 0 saturated carbocycles. The Morgan fingerprint density at radius 3 is 2.70 bits per heavy atom. The molecule has 0 aliphatic rings. The third-order valence-corrected chi connectivity index (χ3v) is 3.78. The van der Waals surface area contributed by atoms with Crippen LogP contribution in [0.1, 0.15) is 17.0 Å². The highest BCUT2D eigenvalue weighted by atomic mass is 35.5. The standard InChI is InChI=1S/C15H17ClN4O3/c1-10-15(20(22)23)11(2)19(17-10)9-14(21)18(3)8-12-5-4-6-13(16)7-12/h4-7H,8-9H2,1-3H3. The molecule has 23 heavy (non-hydrogen) atoms. The van der Waals surface area contributed by atoms with Crippen molar-refractivity contribution in [3.05, 3.63) is 56.4 Å². The Balaban J connectivity index is 2.10. The van der Waals surface area contributed by atoms with Crippen LogP contribution in [0.4, 0.5) is 5.69 Å². The molecule has 8 heteroatoms. The number of benzene rings is 1. The number of nitro groups is 1. The lowest BCUT2D eigenvalue weighted by atomic mass is 10.2. The Morgan fingerprint density at radius 1 is 1.43 bits per heavy atom. The van der Waals surface area contributed by atoms with Crippen molar-refractivity contribution in [3.63, 3.8) is 0 Å². The van der Waals surface area contributed by atoms with Crippen molar-refractivity contribution in [2.24, 2.45) is 0 Å². The molecule has 122 valence electrons. The summed E-state index contributed by atoms with van der Waals surface area (Å²) in [6, 6.07) is 7.26. The maximum absolute atomic E-state index is 12.3. The van der Waals surface area contributed by atoms with Crippen LogP contribution in [-0.4, -0.2) is 32.6 Å². The molecule has 0 aliphatic heterocycles. The van der Waals surface area contributed by atoms with E-state index in [9.17, 15) is 14.9 Å².